The van der Waals surface area contributed by atoms with Gasteiger partial charge in [-0.25, -0.2) is 0 Å². The Balaban J connectivity index is 1.63. The summed E-state index contributed by atoms with van der Waals surface area (Å²) in [6, 6.07) is 18.7. The molecule has 11 nitrogen and oxygen atoms in total. The summed E-state index contributed by atoms with van der Waals surface area (Å²) >= 11 is 1.46. The second-order valence-electron chi connectivity index (χ2n) is 8.16. The van der Waals surface area contributed by atoms with Crippen molar-refractivity contribution in [2.75, 3.05) is 0 Å². The van der Waals surface area contributed by atoms with Crippen LogP contribution in [-0.2, 0) is 5.75 Å². The van der Waals surface area contributed by atoms with Crippen LogP contribution in [0.1, 0.15) is 40.3 Å². The summed E-state index contributed by atoms with van der Waals surface area (Å²) < 4.78 is 1.76. The van der Waals surface area contributed by atoms with Crippen LogP contribution in [0.4, 0.5) is 11.4 Å². The number of aryl methyl sites for hydroxylation is 1. The Morgan fingerprint density at radius 3 is 2.14 bits per heavy atom. The van der Waals surface area contributed by atoms with Crippen molar-refractivity contribution >= 4 is 29.0 Å². The van der Waals surface area contributed by atoms with Crippen molar-refractivity contribution < 1.29 is 14.6 Å². The van der Waals surface area contributed by atoms with Crippen LogP contribution >= 0.6 is 11.8 Å². The van der Waals surface area contributed by atoms with Crippen LogP contribution in [0.15, 0.2) is 78.0 Å². The Morgan fingerprint density at radius 1 is 0.946 bits per heavy atom. The van der Waals surface area contributed by atoms with Gasteiger partial charge in [-0.3, -0.25) is 29.6 Å². The second kappa shape index (κ2) is 11.0. The highest BCUT2D eigenvalue weighted by Crippen LogP contribution is 2.29. The summed E-state index contributed by atoms with van der Waals surface area (Å²) in [5, 5.41) is 34.1. The van der Waals surface area contributed by atoms with Gasteiger partial charge in [0, 0.05) is 41.3 Å². The number of nitro benzene ring substituents is 2. The van der Waals surface area contributed by atoms with Crippen LogP contribution < -0.4 is 5.32 Å². The predicted molar refractivity (Wildman–Crippen MR) is 138 cm³/mol. The topological polar surface area (TPSA) is 146 Å². The first-order chi connectivity index (χ1) is 17.7. The number of rotatable bonds is 9. The van der Waals surface area contributed by atoms with E-state index in [1.807, 2.05) is 31.2 Å². The van der Waals surface area contributed by atoms with E-state index >= 15 is 0 Å². The summed E-state index contributed by atoms with van der Waals surface area (Å²) in [5.74, 6) is 0.618. The van der Waals surface area contributed by atoms with E-state index in [1.54, 1.807) is 23.6 Å². The molecule has 0 bridgehead atoms. The lowest BCUT2D eigenvalue weighted by atomic mass is 10.1. The molecule has 4 aromatic rings. The van der Waals surface area contributed by atoms with Crippen molar-refractivity contribution in [1.82, 2.24) is 20.1 Å². The van der Waals surface area contributed by atoms with Crippen LogP contribution in [-0.4, -0.2) is 30.5 Å². The molecule has 37 heavy (non-hydrogen) atoms. The fraction of sp³-hybridized carbons (Fsp3) is 0.160. The van der Waals surface area contributed by atoms with Crippen LogP contribution in [0.25, 0.3) is 5.69 Å². The molecule has 1 unspecified atom stereocenters. The van der Waals surface area contributed by atoms with Crippen molar-refractivity contribution in [2.24, 2.45) is 0 Å². The number of aromatic nitrogens is 3. The lowest BCUT2D eigenvalue weighted by Crippen LogP contribution is -2.28. The van der Waals surface area contributed by atoms with Gasteiger partial charge >= 0.3 is 0 Å². The predicted octanol–water partition coefficient (Wildman–Crippen LogP) is 5.18. The average molecular weight is 519 g/mol. The number of carbonyl (C=O) groups excluding carboxylic acids is 1. The van der Waals surface area contributed by atoms with Crippen molar-refractivity contribution in [3.63, 3.8) is 0 Å². The van der Waals surface area contributed by atoms with Gasteiger partial charge in [0.2, 0.25) is 0 Å². The number of hydrogen-bond acceptors (Lipinski definition) is 8. The van der Waals surface area contributed by atoms with Crippen molar-refractivity contribution in [3.8, 4) is 5.69 Å². The molecule has 1 N–H and O–H groups in total. The molecule has 0 saturated carbocycles. The first-order valence-electron chi connectivity index (χ1n) is 11.2. The molecule has 1 aromatic heterocycles. The van der Waals surface area contributed by atoms with Crippen LogP contribution in [0.2, 0.25) is 0 Å². The van der Waals surface area contributed by atoms with Crippen molar-refractivity contribution in [3.05, 3.63) is 116 Å². The van der Waals surface area contributed by atoms with Crippen LogP contribution in [0, 0.1) is 27.2 Å². The lowest BCUT2D eigenvalue weighted by Gasteiger charge is -2.16. The molecule has 1 heterocycles. The third-order valence-electron chi connectivity index (χ3n) is 5.67. The van der Waals surface area contributed by atoms with E-state index in [-0.39, 0.29) is 16.9 Å². The number of carbonyl (C=O) groups is 1. The fourth-order valence-corrected chi connectivity index (χ4v) is 4.65. The number of non-ortho nitro benzene ring substituents is 2. The molecule has 12 heteroatoms. The number of benzene rings is 3. The van der Waals surface area contributed by atoms with Gasteiger partial charge in [-0.05, 0) is 49.2 Å². The normalized spacial score (nSPS) is 11.6. The van der Waals surface area contributed by atoms with Crippen molar-refractivity contribution in [1.29, 1.82) is 0 Å². The van der Waals surface area contributed by atoms with E-state index in [9.17, 15) is 25.0 Å². The van der Waals surface area contributed by atoms with E-state index in [4.69, 9.17) is 0 Å². The highest BCUT2D eigenvalue weighted by molar-refractivity contribution is 7.98. The smallest absolute Gasteiger partial charge is 0.269 e. The monoisotopic (exact) mass is 518 g/mol. The molecule has 0 aliphatic carbocycles. The second-order valence-corrected chi connectivity index (χ2v) is 9.11. The number of amides is 1. The fourth-order valence-electron chi connectivity index (χ4n) is 3.61. The Bertz CT molecular complexity index is 1450. The summed E-state index contributed by atoms with van der Waals surface area (Å²) in [6.45, 7) is 3.77. The minimum absolute atomic E-state index is 0.0491. The highest BCUT2D eigenvalue weighted by Gasteiger charge is 2.22. The average Bonchev–Trinajstić information content (AvgIpc) is 3.32. The molecule has 1 atom stereocenters. The zero-order valence-electron chi connectivity index (χ0n) is 19.9. The zero-order valence-corrected chi connectivity index (χ0v) is 20.7. The van der Waals surface area contributed by atoms with E-state index in [0.29, 0.717) is 22.4 Å². The molecule has 0 radical (unpaired) electrons. The number of nitro groups is 2. The quantitative estimate of drug-likeness (QED) is 0.181. The Morgan fingerprint density at radius 2 is 1.54 bits per heavy atom. The standard InChI is InChI=1S/C25H22N6O5S/c1-16-5-3-4-6-19(16)15-37-25-28-27-23(29(25)20-11-13-22(14-12-20)31(35)36)17(2)26-24(32)18-7-9-21(10-8-18)30(33)34/h3-14,17H,15H2,1-2H3,(H,26,32). The van der Waals surface area contributed by atoms with Crippen molar-refractivity contribution in [2.45, 2.75) is 30.8 Å². The first kappa shape index (κ1) is 25.5. The molecule has 188 valence electrons. The highest BCUT2D eigenvalue weighted by atomic mass is 32.2. The maximum absolute atomic E-state index is 12.8. The largest absolute Gasteiger partial charge is 0.342 e. The third kappa shape index (κ3) is 5.81. The number of nitrogens with zero attached hydrogens (tertiary/aromatic N) is 5. The SMILES string of the molecule is Cc1ccccc1CSc1nnc(C(C)NC(=O)c2ccc([N+](=O)[O-])cc2)n1-c1ccc([N+](=O)[O-])cc1. The molecule has 0 saturated heterocycles. The van der Waals surface area contributed by atoms with Gasteiger partial charge < -0.3 is 5.32 Å². The molecule has 3 aromatic carbocycles. The molecular weight excluding hydrogens is 496 g/mol. The Labute approximate surface area is 215 Å². The van der Waals surface area contributed by atoms with Crippen LogP contribution in [0.5, 0.6) is 0 Å². The molecule has 1 amide bonds. The first-order valence-corrected chi connectivity index (χ1v) is 12.2. The third-order valence-corrected chi connectivity index (χ3v) is 6.65. The summed E-state index contributed by atoms with van der Waals surface area (Å²) in [6.07, 6.45) is 0. The van der Waals surface area contributed by atoms with E-state index in [0.717, 1.165) is 11.1 Å². The van der Waals surface area contributed by atoms with E-state index < -0.39 is 21.8 Å². The van der Waals surface area contributed by atoms with Gasteiger partial charge in [0.1, 0.15) is 0 Å². The minimum atomic E-state index is -0.599. The number of hydrogen-bond donors (Lipinski definition) is 1. The lowest BCUT2D eigenvalue weighted by molar-refractivity contribution is -0.385. The van der Waals surface area contributed by atoms with Gasteiger partial charge in [0.05, 0.1) is 15.9 Å². The molecule has 0 aliphatic heterocycles. The van der Waals surface area contributed by atoms with Gasteiger partial charge in [-0.1, -0.05) is 36.0 Å². The molecule has 0 fully saturated rings. The van der Waals surface area contributed by atoms with Gasteiger partial charge in [0.25, 0.3) is 17.3 Å². The zero-order chi connectivity index (χ0) is 26.5. The Kier molecular flexibility index (Phi) is 7.58. The van der Waals surface area contributed by atoms with Gasteiger partial charge in [-0.15, -0.1) is 10.2 Å². The summed E-state index contributed by atoms with van der Waals surface area (Å²) in [5.41, 5.74) is 2.97. The van der Waals surface area contributed by atoms with Crippen LogP contribution in [0.3, 0.4) is 0 Å². The molecule has 0 spiro atoms. The summed E-state index contributed by atoms with van der Waals surface area (Å²) in [7, 11) is 0. The number of nitrogens with one attached hydrogen (secondary N) is 1. The van der Waals surface area contributed by atoms with E-state index in [2.05, 4.69) is 15.5 Å². The minimum Gasteiger partial charge on any atom is -0.342 e. The van der Waals surface area contributed by atoms with Gasteiger partial charge in [-0.2, -0.15) is 0 Å². The molecular formula is C25H22N6O5S. The summed E-state index contributed by atoms with van der Waals surface area (Å²) in [4.78, 5) is 33.8. The number of thioether (sulfide) groups is 1. The maximum atomic E-state index is 12.8. The maximum Gasteiger partial charge on any atom is 0.269 e. The van der Waals surface area contributed by atoms with E-state index in [1.165, 1.54) is 48.2 Å². The Hall–Kier alpha value is -4.58. The molecule has 4 rings (SSSR count). The molecule has 0 aliphatic rings. The van der Waals surface area contributed by atoms with Gasteiger partial charge in [0.15, 0.2) is 11.0 Å².